The van der Waals surface area contributed by atoms with Crippen molar-refractivity contribution in [1.82, 2.24) is 9.97 Å². The van der Waals surface area contributed by atoms with Crippen molar-refractivity contribution in [3.8, 4) is 0 Å². The van der Waals surface area contributed by atoms with Crippen LogP contribution >= 0.6 is 0 Å². The molecule has 2 atom stereocenters. The Morgan fingerprint density at radius 1 is 1.28 bits per heavy atom. The standard InChI is InChI=1S/C13H22N4O/c1-3-14-12-8-13(16-9(2)15-12)17-10-6-4-5-7-11(10)18/h8,10-11,18H,3-7H2,1-2H3,(H2,14,15,16,17). The molecule has 0 aromatic carbocycles. The first-order valence-corrected chi connectivity index (χ1v) is 6.73. The van der Waals surface area contributed by atoms with E-state index in [1.54, 1.807) is 0 Å². The first-order chi connectivity index (χ1) is 8.69. The van der Waals surface area contributed by atoms with Crippen molar-refractivity contribution in [2.45, 2.75) is 51.7 Å². The number of aryl methyl sites for hydroxylation is 1. The molecule has 5 nitrogen and oxygen atoms in total. The molecule has 1 aromatic rings. The lowest BCUT2D eigenvalue weighted by molar-refractivity contribution is 0.116. The fraction of sp³-hybridized carbons (Fsp3) is 0.692. The predicted molar refractivity (Wildman–Crippen MR) is 72.8 cm³/mol. The van der Waals surface area contributed by atoms with E-state index >= 15 is 0 Å². The topological polar surface area (TPSA) is 70.1 Å². The Morgan fingerprint density at radius 2 is 2.00 bits per heavy atom. The van der Waals surface area contributed by atoms with Crippen LogP contribution in [0.5, 0.6) is 0 Å². The van der Waals surface area contributed by atoms with Crippen molar-refractivity contribution >= 4 is 11.6 Å². The molecule has 3 N–H and O–H groups in total. The lowest BCUT2D eigenvalue weighted by atomic mass is 9.92. The van der Waals surface area contributed by atoms with Crippen LogP contribution in [0.1, 0.15) is 38.4 Å². The van der Waals surface area contributed by atoms with Crippen LogP contribution in [0.4, 0.5) is 11.6 Å². The third kappa shape index (κ3) is 3.32. The molecular weight excluding hydrogens is 228 g/mol. The molecule has 0 saturated heterocycles. The fourth-order valence-corrected chi connectivity index (χ4v) is 2.38. The third-order valence-electron chi connectivity index (χ3n) is 3.26. The molecule has 1 saturated carbocycles. The van der Waals surface area contributed by atoms with Gasteiger partial charge in [-0.25, -0.2) is 9.97 Å². The molecule has 0 radical (unpaired) electrons. The van der Waals surface area contributed by atoms with Crippen LogP contribution in [0.3, 0.4) is 0 Å². The van der Waals surface area contributed by atoms with E-state index in [2.05, 4.69) is 20.6 Å². The summed E-state index contributed by atoms with van der Waals surface area (Å²) in [6.45, 7) is 4.75. The minimum atomic E-state index is -0.267. The maximum atomic E-state index is 9.95. The van der Waals surface area contributed by atoms with Crippen LogP contribution in [-0.2, 0) is 0 Å². The molecule has 0 spiro atoms. The average molecular weight is 250 g/mol. The van der Waals surface area contributed by atoms with Crippen LogP contribution in [-0.4, -0.2) is 33.8 Å². The van der Waals surface area contributed by atoms with E-state index in [0.29, 0.717) is 0 Å². The summed E-state index contributed by atoms with van der Waals surface area (Å²) < 4.78 is 0. The lowest BCUT2D eigenvalue weighted by Crippen LogP contribution is -2.36. The SMILES string of the molecule is CCNc1cc(NC2CCCCC2O)nc(C)n1. The number of hydrogen-bond acceptors (Lipinski definition) is 5. The van der Waals surface area contributed by atoms with Gasteiger partial charge < -0.3 is 15.7 Å². The third-order valence-corrected chi connectivity index (χ3v) is 3.26. The molecule has 1 fully saturated rings. The molecule has 1 heterocycles. The number of aliphatic hydroxyl groups excluding tert-OH is 1. The number of aromatic nitrogens is 2. The molecule has 0 aliphatic heterocycles. The van der Waals surface area contributed by atoms with E-state index in [1.165, 1.54) is 6.42 Å². The van der Waals surface area contributed by atoms with Gasteiger partial charge in [0.2, 0.25) is 0 Å². The number of nitrogens with zero attached hydrogens (tertiary/aromatic N) is 2. The van der Waals surface area contributed by atoms with Gasteiger partial charge in [-0.05, 0) is 26.7 Å². The summed E-state index contributed by atoms with van der Waals surface area (Å²) in [6, 6.07) is 2.01. The minimum absolute atomic E-state index is 0.113. The molecule has 100 valence electrons. The summed E-state index contributed by atoms with van der Waals surface area (Å²) in [5.74, 6) is 2.36. The van der Waals surface area contributed by atoms with Crippen LogP contribution in [0.2, 0.25) is 0 Å². The number of rotatable bonds is 4. The molecule has 1 aliphatic carbocycles. The van der Waals surface area contributed by atoms with Crippen molar-refractivity contribution in [2.24, 2.45) is 0 Å². The van der Waals surface area contributed by atoms with E-state index in [9.17, 15) is 5.11 Å². The van der Waals surface area contributed by atoms with Crippen LogP contribution in [0.15, 0.2) is 6.07 Å². The van der Waals surface area contributed by atoms with Gasteiger partial charge in [0, 0.05) is 12.6 Å². The maximum Gasteiger partial charge on any atom is 0.132 e. The Kier molecular flexibility index (Phi) is 4.36. The summed E-state index contributed by atoms with van der Waals surface area (Å²) in [5.41, 5.74) is 0. The largest absolute Gasteiger partial charge is 0.391 e. The Bertz CT molecular complexity index is 397. The predicted octanol–water partition coefficient (Wildman–Crippen LogP) is 1.93. The van der Waals surface area contributed by atoms with E-state index in [4.69, 9.17) is 0 Å². The Labute approximate surface area is 108 Å². The van der Waals surface area contributed by atoms with Crippen molar-refractivity contribution < 1.29 is 5.11 Å². The van der Waals surface area contributed by atoms with Crippen LogP contribution < -0.4 is 10.6 Å². The van der Waals surface area contributed by atoms with E-state index in [-0.39, 0.29) is 12.1 Å². The zero-order valence-electron chi connectivity index (χ0n) is 11.1. The highest BCUT2D eigenvalue weighted by Crippen LogP contribution is 2.22. The molecule has 1 aliphatic rings. The van der Waals surface area contributed by atoms with Gasteiger partial charge in [0.15, 0.2) is 0 Å². The number of nitrogens with one attached hydrogen (secondary N) is 2. The molecule has 2 unspecified atom stereocenters. The average Bonchev–Trinajstić information content (AvgIpc) is 2.32. The molecule has 0 amide bonds. The fourth-order valence-electron chi connectivity index (χ4n) is 2.38. The minimum Gasteiger partial charge on any atom is -0.391 e. The van der Waals surface area contributed by atoms with Gasteiger partial charge in [0.05, 0.1) is 12.1 Å². The molecule has 0 bridgehead atoms. The lowest BCUT2D eigenvalue weighted by Gasteiger charge is -2.28. The molecular formula is C13H22N4O. The van der Waals surface area contributed by atoms with Crippen LogP contribution in [0, 0.1) is 6.92 Å². The van der Waals surface area contributed by atoms with Gasteiger partial charge in [0.1, 0.15) is 17.5 Å². The molecule has 5 heteroatoms. The molecule has 18 heavy (non-hydrogen) atoms. The first-order valence-electron chi connectivity index (χ1n) is 6.73. The van der Waals surface area contributed by atoms with Gasteiger partial charge >= 0.3 is 0 Å². The Balaban J connectivity index is 2.07. The highest BCUT2D eigenvalue weighted by atomic mass is 16.3. The second-order valence-electron chi connectivity index (χ2n) is 4.82. The van der Waals surface area contributed by atoms with Crippen molar-refractivity contribution in [1.29, 1.82) is 0 Å². The molecule has 1 aromatic heterocycles. The normalized spacial score (nSPS) is 23.7. The first kappa shape index (κ1) is 13.1. The van der Waals surface area contributed by atoms with Gasteiger partial charge in [-0.3, -0.25) is 0 Å². The second-order valence-corrected chi connectivity index (χ2v) is 4.82. The quantitative estimate of drug-likeness (QED) is 0.761. The van der Waals surface area contributed by atoms with E-state index in [0.717, 1.165) is 43.3 Å². The zero-order valence-corrected chi connectivity index (χ0v) is 11.1. The summed E-state index contributed by atoms with van der Waals surface area (Å²) in [4.78, 5) is 8.68. The van der Waals surface area contributed by atoms with Gasteiger partial charge in [-0.15, -0.1) is 0 Å². The smallest absolute Gasteiger partial charge is 0.132 e. The summed E-state index contributed by atoms with van der Waals surface area (Å²) >= 11 is 0. The maximum absolute atomic E-state index is 9.95. The van der Waals surface area contributed by atoms with Crippen LogP contribution in [0.25, 0.3) is 0 Å². The van der Waals surface area contributed by atoms with Gasteiger partial charge in [0.25, 0.3) is 0 Å². The van der Waals surface area contributed by atoms with Crippen molar-refractivity contribution in [3.63, 3.8) is 0 Å². The second kappa shape index (κ2) is 6.00. The molecule has 2 rings (SSSR count). The van der Waals surface area contributed by atoms with Crippen molar-refractivity contribution in [2.75, 3.05) is 17.2 Å². The Hall–Kier alpha value is -1.36. The van der Waals surface area contributed by atoms with Gasteiger partial charge in [-0.2, -0.15) is 0 Å². The highest BCUT2D eigenvalue weighted by Gasteiger charge is 2.23. The monoisotopic (exact) mass is 250 g/mol. The van der Waals surface area contributed by atoms with E-state index in [1.807, 2.05) is 19.9 Å². The summed E-state index contributed by atoms with van der Waals surface area (Å²) in [5, 5.41) is 16.5. The zero-order chi connectivity index (χ0) is 13.0. The van der Waals surface area contributed by atoms with E-state index < -0.39 is 0 Å². The number of anilines is 2. The number of hydrogen-bond donors (Lipinski definition) is 3. The van der Waals surface area contributed by atoms with Crippen molar-refractivity contribution in [3.05, 3.63) is 11.9 Å². The highest BCUT2D eigenvalue weighted by molar-refractivity contribution is 5.48. The summed E-state index contributed by atoms with van der Waals surface area (Å²) in [6.07, 6.45) is 3.89. The summed E-state index contributed by atoms with van der Waals surface area (Å²) in [7, 11) is 0. The Morgan fingerprint density at radius 3 is 2.72 bits per heavy atom. The van der Waals surface area contributed by atoms with Gasteiger partial charge in [-0.1, -0.05) is 12.8 Å². The number of aliphatic hydroxyl groups is 1.